The Morgan fingerprint density at radius 1 is 1.06 bits per heavy atom. The zero-order chi connectivity index (χ0) is 26.0. The first-order valence-corrected chi connectivity index (χ1v) is 14.2. The molecule has 0 saturated heterocycles. The van der Waals surface area contributed by atoms with Crippen LogP contribution in [0, 0.1) is 6.92 Å². The van der Waals surface area contributed by atoms with Gasteiger partial charge in [-0.1, -0.05) is 55.8 Å². The second kappa shape index (κ2) is 13.5. The third-order valence-electron chi connectivity index (χ3n) is 5.74. The molecule has 192 valence electrons. The van der Waals surface area contributed by atoms with E-state index in [9.17, 15) is 18.0 Å². The first-order chi connectivity index (χ1) is 16.6. The number of carbonyl (C=O) groups excluding carboxylic acids is 2. The van der Waals surface area contributed by atoms with Crippen molar-refractivity contribution < 1.29 is 18.0 Å². The summed E-state index contributed by atoms with van der Waals surface area (Å²) in [6.45, 7) is 6.68. The number of para-hydroxylation sites is 1. The predicted octanol–water partition coefficient (Wildman–Crippen LogP) is 4.53. The van der Waals surface area contributed by atoms with E-state index >= 15 is 0 Å². The Hall–Kier alpha value is -2.58. The number of benzene rings is 2. The second-order valence-corrected chi connectivity index (χ2v) is 10.9. The summed E-state index contributed by atoms with van der Waals surface area (Å²) in [5, 5.41) is 3.49. The van der Waals surface area contributed by atoms with Gasteiger partial charge in [0.1, 0.15) is 6.04 Å². The molecular weight excluding hydrogens is 486 g/mol. The molecule has 0 fully saturated rings. The van der Waals surface area contributed by atoms with Crippen LogP contribution in [0.15, 0.2) is 48.5 Å². The number of sulfonamides is 1. The van der Waals surface area contributed by atoms with E-state index in [-0.39, 0.29) is 31.3 Å². The summed E-state index contributed by atoms with van der Waals surface area (Å²) in [7, 11) is -3.52. The van der Waals surface area contributed by atoms with Crippen molar-refractivity contribution in [2.24, 2.45) is 0 Å². The zero-order valence-electron chi connectivity index (χ0n) is 21.0. The van der Waals surface area contributed by atoms with Gasteiger partial charge in [0.25, 0.3) is 0 Å². The van der Waals surface area contributed by atoms with E-state index in [1.54, 1.807) is 29.2 Å². The highest BCUT2D eigenvalue weighted by Crippen LogP contribution is 2.23. The van der Waals surface area contributed by atoms with Gasteiger partial charge < -0.3 is 10.2 Å². The summed E-state index contributed by atoms with van der Waals surface area (Å²) >= 11 is 6.01. The highest BCUT2D eigenvalue weighted by atomic mass is 35.5. The van der Waals surface area contributed by atoms with Crippen molar-refractivity contribution in [3.8, 4) is 0 Å². The maximum atomic E-state index is 13.4. The van der Waals surface area contributed by atoms with Crippen LogP contribution in [-0.2, 0) is 26.2 Å². The van der Waals surface area contributed by atoms with Crippen molar-refractivity contribution in [3.63, 3.8) is 0 Å². The van der Waals surface area contributed by atoms with Gasteiger partial charge in [-0.3, -0.25) is 13.9 Å². The Morgan fingerprint density at radius 2 is 1.71 bits per heavy atom. The quantitative estimate of drug-likeness (QED) is 0.419. The number of rotatable bonds is 13. The standard InChI is InChI=1S/C26H36ClN3O4S/c1-5-17-28-26(32)23(6-2)29(19-21-13-15-22(27)16-14-21)25(31)12-9-18-30(35(4,33)34)24-11-8-7-10-20(24)3/h7-8,10-11,13-16,23H,5-6,9,12,17-19H2,1-4H3,(H,28,32). The van der Waals surface area contributed by atoms with Gasteiger partial charge in [0.2, 0.25) is 21.8 Å². The van der Waals surface area contributed by atoms with E-state index in [2.05, 4.69) is 5.32 Å². The third-order valence-corrected chi connectivity index (χ3v) is 7.17. The van der Waals surface area contributed by atoms with Gasteiger partial charge in [-0.25, -0.2) is 8.42 Å². The Balaban J connectivity index is 2.20. The lowest BCUT2D eigenvalue weighted by Crippen LogP contribution is -2.49. The second-order valence-electron chi connectivity index (χ2n) is 8.59. The van der Waals surface area contributed by atoms with Crippen LogP contribution in [-0.4, -0.2) is 50.5 Å². The Morgan fingerprint density at radius 3 is 2.29 bits per heavy atom. The van der Waals surface area contributed by atoms with Crippen LogP contribution in [0.25, 0.3) is 0 Å². The van der Waals surface area contributed by atoms with Gasteiger partial charge >= 0.3 is 0 Å². The van der Waals surface area contributed by atoms with Gasteiger partial charge in [-0.2, -0.15) is 0 Å². The zero-order valence-corrected chi connectivity index (χ0v) is 22.5. The summed E-state index contributed by atoms with van der Waals surface area (Å²) in [4.78, 5) is 27.8. The van der Waals surface area contributed by atoms with Gasteiger partial charge in [0.05, 0.1) is 11.9 Å². The minimum absolute atomic E-state index is 0.114. The molecule has 0 aliphatic carbocycles. The monoisotopic (exact) mass is 521 g/mol. The largest absolute Gasteiger partial charge is 0.354 e. The van der Waals surface area contributed by atoms with E-state index in [0.29, 0.717) is 30.1 Å². The Labute approximate surface area is 214 Å². The molecule has 1 atom stereocenters. The summed E-state index contributed by atoms with van der Waals surface area (Å²) < 4.78 is 26.3. The number of amides is 2. The molecule has 0 aliphatic heterocycles. The fourth-order valence-electron chi connectivity index (χ4n) is 3.90. The van der Waals surface area contributed by atoms with Gasteiger partial charge in [-0.05, 0) is 55.5 Å². The van der Waals surface area contributed by atoms with Crippen molar-refractivity contribution in [1.82, 2.24) is 10.2 Å². The first kappa shape index (κ1) is 28.7. The number of hydrogen-bond donors (Lipinski definition) is 1. The number of nitrogens with zero attached hydrogens (tertiary/aromatic N) is 2. The number of carbonyl (C=O) groups is 2. The maximum Gasteiger partial charge on any atom is 0.242 e. The van der Waals surface area contributed by atoms with Crippen LogP contribution in [0.2, 0.25) is 5.02 Å². The molecular formula is C26H36ClN3O4S. The lowest BCUT2D eigenvalue weighted by atomic mass is 10.1. The summed E-state index contributed by atoms with van der Waals surface area (Å²) in [5.41, 5.74) is 2.31. The molecule has 0 saturated carbocycles. The molecule has 0 radical (unpaired) electrons. The molecule has 0 spiro atoms. The SMILES string of the molecule is CCCNC(=O)C(CC)N(Cc1ccc(Cl)cc1)C(=O)CCCN(c1ccccc1C)S(C)(=O)=O. The van der Waals surface area contributed by atoms with Crippen molar-refractivity contribution in [2.45, 2.75) is 59.0 Å². The lowest BCUT2D eigenvalue weighted by molar-refractivity contribution is -0.141. The molecule has 2 rings (SSSR count). The van der Waals surface area contributed by atoms with Crippen molar-refractivity contribution >= 4 is 39.1 Å². The molecule has 2 aromatic rings. The summed E-state index contributed by atoms with van der Waals surface area (Å²) in [5.74, 6) is -0.383. The van der Waals surface area contributed by atoms with Crippen LogP contribution >= 0.6 is 11.6 Å². The fraction of sp³-hybridized carbons (Fsp3) is 0.462. The van der Waals surface area contributed by atoms with Gasteiger partial charge in [0, 0.05) is 31.1 Å². The van der Waals surface area contributed by atoms with E-state index in [1.165, 1.54) is 10.6 Å². The van der Waals surface area contributed by atoms with Crippen LogP contribution in [0.4, 0.5) is 5.69 Å². The smallest absolute Gasteiger partial charge is 0.242 e. The predicted molar refractivity (Wildman–Crippen MR) is 142 cm³/mol. The molecule has 9 heteroatoms. The summed E-state index contributed by atoms with van der Waals surface area (Å²) in [6, 6.07) is 13.8. The molecule has 0 aromatic heterocycles. The van der Waals surface area contributed by atoms with Crippen LogP contribution in [0.3, 0.4) is 0 Å². The van der Waals surface area contributed by atoms with E-state index in [1.807, 2.05) is 45.0 Å². The van der Waals surface area contributed by atoms with E-state index in [0.717, 1.165) is 17.5 Å². The van der Waals surface area contributed by atoms with Gasteiger partial charge in [0.15, 0.2) is 0 Å². The highest BCUT2D eigenvalue weighted by Gasteiger charge is 2.28. The summed E-state index contributed by atoms with van der Waals surface area (Å²) in [6.07, 6.45) is 2.87. The lowest BCUT2D eigenvalue weighted by Gasteiger charge is -2.31. The Bertz CT molecular complexity index is 1090. The number of aryl methyl sites for hydroxylation is 1. The third kappa shape index (κ3) is 8.54. The molecule has 7 nitrogen and oxygen atoms in total. The van der Waals surface area contributed by atoms with Crippen molar-refractivity contribution in [1.29, 1.82) is 0 Å². The maximum absolute atomic E-state index is 13.4. The number of hydrogen-bond acceptors (Lipinski definition) is 4. The molecule has 2 amide bonds. The molecule has 2 aromatic carbocycles. The van der Waals surface area contributed by atoms with E-state index < -0.39 is 16.1 Å². The molecule has 35 heavy (non-hydrogen) atoms. The molecule has 1 N–H and O–H groups in total. The highest BCUT2D eigenvalue weighted by molar-refractivity contribution is 7.92. The van der Waals surface area contributed by atoms with Crippen LogP contribution in [0.1, 0.15) is 50.7 Å². The van der Waals surface area contributed by atoms with Crippen LogP contribution < -0.4 is 9.62 Å². The number of halogens is 1. The minimum Gasteiger partial charge on any atom is -0.354 e. The first-order valence-electron chi connectivity index (χ1n) is 11.9. The minimum atomic E-state index is -3.52. The van der Waals surface area contributed by atoms with Crippen LogP contribution in [0.5, 0.6) is 0 Å². The Kier molecular flexibility index (Phi) is 11.0. The average molecular weight is 522 g/mol. The number of nitrogens with one attached hydrogen (secondary N) is 1. The fourth-order valence-corrected chi connectivity index (χ4v) is 5.05. The average Bonchev–Trinajstić information content (AvgIpc) is 2.81. The number of anilines is 1. The molecule has 0 heterocycles. The van der Waals surface area contributed by atoms with E-state index in [4.69, 9.17) is 11.6 Å². The normalized spacial score (nSPS) is 12.1. The molecule has 0 bridgehead atoms. The van der Waals surface area contributed by atoms with Crippen molar-refractivity contribution in [3.05, 3.63) is 64.7 Å². The molecule has 1 unspecified atom stereocenters. The van der Waals surface area contributed by atoms with Crippen molar-refractivity contribution in [2.75, 3.05) is 23.7 Å². The van der Waals surface area contributed by atoms with Gasteiger partial charge in [-0.15, -0.1) is 0 Å². The molecule has 0 aliphatic rings. The topological polar surface area (TPSA) is 86.8 Å².